The van der Waals surface area contributed by atoms with E-state index in [2.05, 4.69) is 26.2 Å². The fourth-order valence-electron chi connectivity index (χ4n) is 3.20. The molecule has 0 atom stereocenters. The molecule has 1 N–H and O–H groups in total. The molecule has 1 aromatic carbocycles. The van der Waals surface area contributed by atoms with E-state index in [-0.39, 0.29) is 5.91 Å². The Hall–Kier alpha value is -2.54. The zero-order valence-electron chi connectivity index (χ0n) is 15.0. The molecule has 2 aromatic rings. The summed E-state index contributed by atoms with van der Waals surface area (Å²) in [5.74, 6) is 1.36. The van der Waals surface area contributed by atoms with E-state index in [0.29, 0.717) is 24.2 Å². The summed E-state index contributed by atoms with van der Waals surface area (Å²) in [4.78, 5) is 21.0. The van der Waals surface area contributed by atoms with Gasteiger partial charge in [-0.25, -0.2) is 4.98 Å². The number of carbonyl (C=O) groups is 1. The molecule has 2 fully saturated rings. The fourth-order valence-corrected chi connectivity index (χ4v) is 3.20. The van der Waals surface area contributed by atoms with Crippen molar-refractivity contribution in [2.45, 2.75) is 25.4 Å². The van der Waals surface area contributed by atoms with Crippen LogP contribution >= 0.6 is 0 Å². The van der Waals surface area contributed by atoms with Gasteiger partial charge in [-0.1, -0.05) is 12.1 Å². The van der Waals surface area contributed by atoms with Crippen LogP contribution in [0, 0.1) is 0 Å². The maximum absolute atomic E-state index is 12.0. The van der Waals surface area contributed by atoms with Crippen LogP contribution in [0.15, 0.2) is 34.9 Å². The van der Waals surface area contributed by atoms with Gasteiger partial charge in [-0.05, 0) is 25.0 Å². The van der Waals surface area contributed by atoms with Gasteiger partial charge < -0.3 is 19.4 Å². The van der Waals surface area contributed by atoms with E-state index in [1.807, 2.05) is 18.2 Å². The first kappa shape index (κ1) is 16.9. The Bertz CT molecular complexity index is 764. The number of aromatic nitrogens is 1. The minimum Gasteiger partial charge on any atom is -0.495 e. The fraction of sp³-hybridized carbons (Fsp3) is 0.474. The smallest absolute Gasteiger partial charge is 0.273 e. The Kier molecular flexibility index (Phi) is 4.79. The normalized spacial score (nSPS) is 18.0. The highest BCUT2D eigenvalue weighted by atomic mass is 16.5. The third kappa shape index (κ3) is 3.83. The number of oxazole rings is 1. The summed E-state index contributed by atoms with van der Waals surface area (Å²) < 4.78 is 11.0. The Morgan fingerprint density at radius 1 is 1.27 bits per heavy atom. The zero-order chi connectivity index (χ0) is 17.9. The second kappa shape index (κ2) is 7.37. The number of methoxy groups -OCH3 is 1. The number of benzene rings is 1. The van der Waals surface area contributed by atoms with Crippen molar-refractivity contribution < 1.29 is 13.9 Å². The Labute approximate surface area is 152 Å². The predicted octanol–water partition coefficient (Wildman–Crippen LogP) is 1.90. The first-order valence-corrected chi connectivity index (χ1v) is 9.08. The second-order valence-electron chi connectivity index (χ2n) is 6.81. The van der Waals surface area contributed by atoms with Crippen molar-refractivity contribution in [3.05, 3.63) is 42.1 Å². The second-order valence-corrected chi connectivity index (χ2v) is 6.81. The minimum absolute atomic E-state index is 0.136. The predicted molar refractivity (Wildman–Crippen MR) is 97.5 cm³/mol. The van der Waals surface area contributed by atoms with Crippen LogP contribution in [0.2, 0.25) is 0 Å². The highest BCUT2D eigenvalue weighted by Crippen LogP contribution is 2.28. The number of ether oxygens (including phenoxy) is 1. The van der Waals surface area contributed by atoms with E-state index in [4.69, 9.17) is 9.15 Å². The van der Waals surface area contributed by atoms with Crippen LogP contribution < -0.4 is 15.0 Å². The summed E-state index contributed by atoms with van der Waals surface area (Å²) >= 11 is 0. The van der Waals surface area contributed by atoms with E-state index < -0.39 is 0 Å². The van der Waals surface area contributed by atoms with Crippen LogP contribution in [0.5, 0.6) is 5.75 Å². The van der Waals surface area contributed by atoms with Gasteiger partial charge in [-0.2, -0.15) is 0 Å². The van der Waals surface area contributed by atoms with Gasteiger partial charge in [0.05, 0.1) is 19.3 Å². The summed E-state index contributed by atoms with van der Waals surface area (Å²) in [5, 5.41) is 2.93. The highest BCUT2D eigenvalue weighted by molar-refractivity contribution is 5.92. The van der Waals surface area contributed by atoms with Crippen molar-refractivity contribution >= 4 is 11.6 Å². The molecular weight excluding hydrogens is 332 g/mol. The van der Waals surface area contributed by atoms with Crippen molar-refractivity contribution in [2.75, 3.05) is 38.2 Å². The number of nitrogens with one attached hydrogen (secondary N) is 1. The maximum atomic E-state index is 12.0. The molecule has 138 valence electrons. The first-order valence-electron chi connectivity index (χ1n) is 9.08. The third-order valence-electron chi connectivity index (χ3n) is 4.85. The van der Waals surface area contributed by atoms with Gasteiger partial charge in [-0.3, -0.25) is 9.69 Å². The van der Waals surface area contributed by atoms with E-state index in [1.54, 1.807) is 7.11 Å². The molecule has 7 nitrogen and oxygen atoms in total. The molecule has 0 spiro atoms. The number of anilines is 1. The van der Waals surface area contributed by atoms with E-state index >= 15 is 0 Å². The summed E-state index contributed by atoms with van der Waals surface area (Å²) in [6.45, 7) is 4.26. The molecule has 1 aliphatic heterocycles. The lowest BCUT2D eigenvalue weighted by Crippen LogP contribution is -2.46. The van der Waals surface area contributed by atoms with Crippen LogP contribution in [-0.2, 0) is 6.54 Å². The first-order chi connectivity index (χ1) is 12.7. The van der Waals surface area contributed by atoms with Gasteiger partial charge in [0, 0.05) is 32.2 Å². The molecule has 1 amide bonds. The average Bonchev–Trinajstić information content (AvgIpc) is 3.37. The molecule has 2 heterocycles. The molecule has 1 aliphatic carbocycles. The lowest BCUT2D eigenvalue weighted by atomic mass is 10.2. The lowest BCUT2D eigenvalue weighted by Gasteiger charge is -2.36. The van der Waals surface area contributed by atoms with Crippen molar-refractivity contribution in [2.24, 2.45) is 0 Å². The maximum Gasteiger partial charge on any atom is 0.273 e. The molecule has 1 aromatic heterocycles. The van der Waals surface area contributed by atoms with Crippen molar-refractivity contribution in [3.63, 3.8) is 0 Å². The van der Waals surface area contributed by atoms with E-state index in [1.165, 1.54) is 6.26 Å². The topological polar surface area (TPSA) is 70.8 Å². The van der Waals surface area contributed by atoms with E-state index in [0.717, 1.165) is 50.5 Å². The molecule has 7 heteroatoms. The molecule has 26 heavy (non-hydrogen) atoms. The molecule has 1 saturated heterocycles. The molecule has 0 radical (unpaired) electrons. The SMILES string of the molecule is COc1ccccc1N1CCN(Cc2nc(C(=O)NC3CC3)co2)CC1. The van der Waals surface area contributed by atoms with Gasteiger partial charge in [0.1, 0.15) is 12.0 Å². The number of para-hydroxylation sites is 2. The highest BCUT2D eigenvalue weighted by Gasteiger charge is 2.26. The number of piperazine rings is 1. The van der Waals surface area contributed by atoms with E-state index in [9.17, 15) is 4.79 Å². The van der Waals surface area contributed by atoms with Crippen LogP contribution in [0.25, 0.3) is 0 Å². The number of hydrogen-bond acceptors (Lipinski definition) is 6. The lowest BCUT2D eigenvalue weighted by molar-refractivity contribution is 0.0946. The molecular formula is C19H24N4O3. The summed E-state index contributed by atoms with van der Waals surface area (Å²) in [6.07, 6.45) is 3.58. The minimum atomic E-state index is -0.136. The monoisotopic (exact) mass is 356 g/mol. The quantitative estimate of drug-likeness (QED) is 0.852. The zero-order valence-corrected chi connectivity index (χ0v) is 15.0. The van der Waals surface area contributed by atoms with Crippen molar-refractivity contribution in [1.82, 2.24) is 15.2 Å². The van der Waals surface area contributed by atoms with Gasteiger partial charge in [0.2, 0.25) is 5.89 Å². The third-order valence-corrected chi connectivity index (χ3v) is 4.85. The Balaban J connectivity index is 1.31. The number of carbonyl (C=O) groups excluding carboxylic acids is 1. The molecule has 0 bridgehead atoms. The molecule has 4 rings (SSSR count). The number of hydrogen-bond donors (Lipinski definition) is 1. The van der Waals surface area contributed by atoms with Gasteiger partial charge >= 0.3 is 0 Å². The number of rotatable bonds is 6. The number of amides is 1. The molecule has 0 unspecified atom stereocenters. The van der Waals surface area contributed by atoms with Gasteiger partial charge in [0.25, 0.3) is 5.91 Å². The summed E-state index contributed by atoms with van der Waals surface area (Å²) in [6, 6.07) is 8.42. The summed E-state index contributed by atoms with van der Waals surface area (Å²) in [5.41, 5.74) is 1.50. The van der Waals surface area contributed by atoms with Crippen LogP contribution in [0.3, 0.4) is 0 Å². The molecule has 1 saturated carbocycles. The number of nitrogens with zero attached hydrogens (tertiary/aromatic N) is 3. The van der Waals surface area contributed by atoms with Crippen LogP contribution in [0.1, 0.15) is 29.2 Å². The van der Waals surface area contributed by atoms with Crippen LogP contribution in [0.4, 0.5) is 5.69 Å². The van der Waals surface area contributed by atoms with Gasteiger partial charge in [0.15, 0.2) is 5.69 Å². The Morgan fingerprint density at radius 3 is 2.77 bits per heavy atom. The van der Waals surface area contributed by atoms with Crippen LogP contribution in [-0.4, -0.2) is 55.1 Å². The van der Waals surface area contributed by atoms with Gasteiger partial charge in [-0.15, -0.1) is 0 Å². The molecule has 2 aliphatic rings. The Morgan fingerprint density at radius 2 is 2.04 bits per heavy atom. The van der Waals surface area contributed by atoms with Crippen molar-refractivity contribution in [3.8, 4) is 5.75 Å². The standard InChI is InChI=1S/C19H24N4O3/c1-25-17-5-3-2-4-16(17)23-10-8-22(9-11-23)12-18-21-15(13-26-18)19(24)20-14-6-7-14/h2-5,13-14H,6-12H2,1H3,(H,20,24). The van der Waals surface area contributed by atoms with Crippen molar-refractivity contribution in [1.29, 1.82) is 0 Å². The summed E-state index contributed by atoms with van der Waals surface area (Å²) in [7, 11) is 1.70. The average molecular weight is 356 g/mol. The largest absolute Gasteiger partial charge is 0.495 e.